The zero-order chi connectivity index (χ0) is 13.9. The van der Waals surface area contributed by atoms with Crippen molar-refractivity contribution in [2.75, 3.05) is 6.54 Å². The van der Waals surface area contributed by atoms with Crippen LogP contribution in [-0.4, -0.2) is 11.7 Å². The molecule has 0 aliphatic carbocycles. The van der Waals surface area contributed by atoms with Crippen LogP contribution in [-0.2, 0) is 12.0 Å². The molecule has 2 aromatic rings. The van der Waals surface area contributed by atoms with Gasteiger partial charge in [0.25, 0.3) is 0 Å². The van der Waals surface area contributed by atoms with Gasteiger partial charge >= 0.3 is 0 Å². The summed E-state index contributed by atoms with van der Waals surface area (Å²) in [6, 6.07) is 14.6. The summed E-state index contributed by atoms with van der Waals surface area (Å²) in [5.41, 5.74) is 6.22. The van der Waals surface area contributed by atoms with Crippen molar-refractivity contribution in [1.82, 2.24) is 0 Å². The van der Waals surface area contributed by atoms with E-state index in [0.717, 1.165) is 11.1 Å². The van der Waals surface area contributed by atoms with Crippen molar-refractivity contribution < 1.29 is 5.11 Å². The first kappa shape index (κ1) is 14.4. The zero-order valence-corrected chi connectivity index (χ0v) is 11.8. The molecule has 0 bridgehead atoms. The van der Waals surface area contributed by atoms with Gasteiger partial charge in [0, 0.05) is 23.0 Å². The lowest BCUT2D eigenvalue weighted by atomic mass is 9.87. The maximum absolute atomic E-state index is 10.7. The molecular weight excluding hydrogens is 281 g/mol. The number of benzene rings is 2. The first-order valence-corrected chi connectivity index (χ1v) is 6.73. The van der Waals surface area contributed by atoms with Crippen LogP contribution in [0.3, 0.4) is 0 Å². The molecule has 2 nitrogen and oxygen atoms in total. The van der Waals surface area contributed by atoms with Crippen molar-refractivity contribution in [2.24, 2.45) is 5.73 Å². The average Bonchev–Trinajstić information content (AvgIpc) is 2.43. The number of hydrogen-bond donors (Lipinski definition) is 2. The molecule has 2 aromatic carbocycles. The standard InChI is InChI=1S/C15H15Cl2NO/c16-13-7-6-11(14(17)8-13)9-15(19,10-18)12-4-2-1-3-5-12/h1-8,19H,9-10,18H2. The quantitative estimate of drug-likeness (QED) is 0.908. The van der Waals surface area contributed by atoms with Crippen LogP contribution in [0.2, 0.25) is 10.0 Å². The van der Waals surface area contributed by atoms with Gasteiger partial charge in [0.1, 0.15) is 5.60 Å². The van der Waals surface area contributed by atoms with Crippen molar-refractivity contribution in [1.29, 1.82) is 0 Å². The largest absolute Gasteiger partial charge is 0.383 e. The molecular formula is C15H15Cl2NO. The second-order valence-corrected chi connectivity index (χ2v) is 5.36. The number of halogens is 2. The Morgan fingerprint density at radius 2 is 1.74 bits per heavy atom. The fraction of sp³-hybridized carbons (Fsp3) is 0.200. The minimum atomic E-state index is -1.13. The molecule has 0 amide bonds. The molecule has 4 heteroatoms. The van der Waals surface area contributed by atoms with Crippen molar-refractivity contribution >= 4 is 23.2 Å². The number of aliphatic hydroxyl groups is 1. The predicted octanol–water partition coefficient (Wildman–Crippen LogP) is 3.38. The van der Waals surface area contributed by atoms with Crippen LogP contribution in [0.15, 0.2) is 48.5 Å². The van der Waals surface area contributed by atoms with Crippen LogP contribution in [0.1, 0.15) is 11.1 Å². The van der Waals surface area contributed by atoms with Crippen LogP contribution in [0, 0.1) is 0 Å². The highest BCUT2D eigenvalue weighted by Gasteiger charge is 2.28. The Hall–Kier alpha value is -1.06. The van der Waals surface area contributed by atoms with Gasteiger partial charge < -0.3 is 10.8 Å². The average molecular weight is 296 g/mol. The van der Waals surface area contributed by atoms with Gasteiger partial charge in [-0.25, -0.2) is 0 Å². The second-order valence-electron chi connectivity index (χ2n) is 4.51. The summed E-state index contributed by atoms with van der Waals surface area (Å²) in [6.45, 7) is 0.121. The summed E-state index contributed by atoms with van der Waals surface area (Å²) in [6.07, 6.45) is 0.351. The molecule has 19 heavy (non-hydrogen) atoms. The molecule has 0 radical (unpaired) electrons. The van der Waals surface area contributed by atoms with E-state index in [9.17, 15) is 5.11 Å². The molecule has 0 saturated heterocycles. The summed E-state index contributed by atoms with van der Waals surface area (Å²) in [7, 11) is 0. The van der Waals surface area contributed by atoms with E-state index in [4.69, 9.17) is 28.9 Å². The number of rotatable bonds is 4. The molecule has 0 heterocycles. The van der Waals surface area contributed by atoms with E-state index in [0.29, 0.717) is 16.5 Å². The second kappa shape index (κ2) is 5.93. The normalized spacial score (nSPS) is 14.1. The Kier molecular flexibility index (Phi) is 4.48. The Bertz CT molecular complexity index is 559. The smallest absolute Gasteiger partial charge is 0.106 e. The lowest BCUT2D eigenvalue weighted by Gasteiger charge is -2.27. The van der Waals surface area contributed by atoms with Crippen LogP contribution in [0.4, 0.5) is 0 Å². The lowest BCUT2D eigenvalue weighted by molar-refractivity contribution is 0.0463. The molecule has 0 spiro atoms. The van der Waals surface area contributed by atoms with Gasteiger partial charge in [0.15, 0.2) is 0 Å². The molecule has 1 unspecified atom stereocenters. The van der Waals surface area contributed by atoms with Crippen molar-refractivity contribution in [3.8, 4) is 0 Å². The van der Waals surface area contributed by atoms with E-state index in [1.54, 1.807) is 12.1 Å². The first-order chi connectivity index (χ1) is 9.05. The molecule has 1 atom stereocenters. The lowest BCUT2D eigenvalue weighted by Crippen LogP contribution is -2.37. The highest BCUT2D eigenvalue weighted by molar-refractivity contribution is 6.35. The molecule has 0 aliphatic rings. The minimum Gasteiger partial charge on any atom is -0.383 e. The van der Waals surface area contributed by atoms with Gasteiger partial charge in [-0.05, 0) is 23.3 Å². The van der Waals surface area contributed by atoms with E-state index >= 15 is 0 Å². The van der Waals surface area contributed by atoms with Crippen LogP contribution < -0.4 is 5.73 Å². The monoisotopic (exact) mass is 295 g/mol. The minimum absolute atomic E-state index is 0.121. The van der Waals surface area contributed by atoms with Crippen LogP contribution in [0.5, 0.6) is 0 Å². The third-order valence-electron chi connectivity index (χ3n) is 3.15. The van der Waals surface area contributed by atoms with Gasteiger partial charge in [-0.15, -0.1) is 0 Å². The Labute approximate surface area is 122 Å². The SMILES string of the molecule is NCC(O)(Cc1ccc(Cl)cc1Cl)c1ccccc1. The summed E-state index contributed by atoms with van der Waals surface area (Å²) in [4.78, 5) is 0. The van der Waals surface area contributed by atoms with Crippen LogP contribution >= 0.6 is 23.2 Å². The molecule has 0 aromatic heterocycles. The van der Waals surface area contributed by atoms with Gasteiger partial charge in [-0.2, -0.15) is 0 Å². The fourth-order valence-electron chi connectivity index (χ4n) is 2.02. The van der Waals surface area contributed by atoms with Gasteiger partial charge in [-0.3, -0.25) is 0 Å². The molecule has 2 rings (SSSR count). The highest BCUT2D eigenvalue weighted by Crippen LogP contribution is 2.29. The highest BCUT2D eigenvalue weighted by atomic mass is 35.5. The molecule has 0 aliphatic heterocycles. The van der Waals surface area contributed by atoms with Crippen molar-refractivity contribution in [3.63, 3.8) is 0 Å². The zero-order valence-electron chi connectivity index (χ0n) is 10.3. The van der Waals surface area contributed by atoms with Gasteiger partial charge in [0.05, 0.1) is 0 Å². The van der Waals surface area contributed by atoms with E-state index in [1.165, 1.54) is 0 Å². The summed E-state index contributed by atoms with van der Waals surface area (Å²) in [5.74, 6) is 0. The Morgan fingerprint density at radius 1 is 1.05 bits per heavy atom. The third-order valence-corrected chi connectivity index (χ3v) is 3.73. The summed E-state index contributed by atoms with van der Waals surface area (Å²) < 4.78 is 0. The number of hydrogen-bond acceptors (Lipinski definition) is 2. The third kappa shape index (κ3) is 3.28. The first-order valence-electron chi connectivity index (χ1n) is 5.97. The molecule has 0 saturated carbocycles. The van der Waals surface area contributed by atoms with Gasteiger partial charge in [-0.1, -0.05) is 59.6 Å². The van der Waals surface area contributed by atoms with Crippen molar-refractivity contribution in [3.05, 3.63) is 69.7 Å². The molecule has 0 fully saturated rings. The molecule has 100 valence electrons. The van der Waals surface area contributed by atoms with E-state index in [1.807, 2.05) is 36.4 Å². The maximum Gasteiger partial charge on any atom is 0.106 e. The fourth-order valence-corrected chi connectivity index (χ4v) is 2.50. The van der Waals surface area contributed by atoms with Crippen molar-refractivity contribution in [2.45, 2.75) is 12.0 Å². The topological polar surface area (TPSA) is 46.2 Å². The summed E-state index contributed by atoms with van der Waals surface area (Å²) in [5, 5.41) is 11.8. The van der Waals surface area contributed by atoms with Gasteiger partial charge in [0.2, 0.25) is 0 Å². The Morgan fingerprint density at radius 3 is 2.32 bits per heavy atom. The Balaban J connectivity index is 2.33. The van der Waals surface area contributed by atoms with E-state index < -0.39 is 5.60 Å². The van der Waals surface area contributed by atoms with Crippen LogP contribution in [0.25, 0.3) is 0 Å². The molecule has 3 N–H and O–H groups in total. The summed E-state index contributed by atoms with van der Waals surface area (Å²) >= 11 is 12.0. The maximum atomic E-state index is 10.7. The van der Waals surface area contributed by atoms with E-state index in [-0.39, 0.29) is 6.54 Å². The van der Waals surface area contributed by atoms with E-state index in [2.05, 4.69) is 0 Å². The number of nitrogens with two attached hydrogens (primary N) is 1. The predicted molar refractivity (Wildman–Crippen MR) is 79.6 cm³/mol.